The summed E-state index contributed by atoms with van der Waals surface area (Å²) in [5.74, 6) is -2.07. The average Bonchev–Trinajstić information content (AvgIpc) is 2.66. The molecule has 0 bridgehead atoms. The van der Waals surface area contributed by atoms with Gasteiger partial charge >= 0.3 is 5.97 Å². The summed E-state index contributed by atoms with van der Waals surface area (Å²) in [4.78, 5) is 40.6. The van der Waals surface area contributed by atoms with Crippen molar-refractivity contribution in [3.63, 3.8) is 0 Å². The summed E-state index contributed by atoms with van der Waals surface area (Å²) < 4.78 is 19.7. The maximum absolute atomic E-state index is 13.6. The van der Waals surface area contributed by atoms with Crippen LogP contribution in [-0.4, -0.2) is 27.5 Å². The lowest BCUT2D eigenvalue weighted by atomic mass is 10.2. The van der Waals surface area contributed by atoms with Crippen LogP contribution in [0.4, 0.5) is 10.1 Å². The van der Waals surface area contributed by atoms with Gasteiger partial charge in [-0.15, -0.1) is 0 Å². The minimum atomic E-state index is -1.17. The number of hydrogen-bond acceptors (Lipinski definition) is 5. The van der Waals surface area contributed by atoms with E-state index in [2.05, 4.69) is 10.3 Å². The van der Waals surface area contributed by atoms with Gasteiger partial charge in [-0.25, -0.2) is 9.37 Å². The van der Waals surface area contributed by atoms with E-state index >= 15 is 0 Å². The van der Waals surface area contributed by atoms with Crippen molar-refractivity contribution in [2.75, 3.05) is 5.32 Å². The molecular weight excluding hydrogens is 353 g/mol. The molecule has 1 atom stereocenters. The van der Waals surface area contributed by atoms with Crippen molar-refractivity contribution >= 4 is 28.5 Å². The lowest BCUT2D eigenvalue weighted by Crippen LogP contribution is -2.33. The van der Waals surface area contributed by atoms with E-state index in [-0.39, 0.29) is 11.2 Å². The van der Waals surface area contributed by atoms with Crippen LogP contribution in [0.15, 0.2) is 59.7 Å². The maximum atomic E-state index is 13.6. The highest BCUT2D eigenvalue weighted by molar-refractivity contribution is 5.95. The number of esters is 1. The van der Waals surface area contributed by atoms with E-state index in [0.29, 0.717) is 10.9 Å². The zero-order valence-electron chi connectivity index (χ0n) is 14.4. The fourth-order valence-electron chi connectivity index (χ4n) is 2.44. The Morgan fingerprint density at radius 3 is 2.67 bits per heavy atom. The Kier molecular flexibility index (Phi) is 5.25. The normalized spacial score (nSPS) is 11.8. The van der Waals surface area contributed by atoms with Gasteiger partial charge in [-0.1, -0.05) is 24.3 Å². The molecule has 0 saturated heterocycles. The number of nitrogens with one attached hydrogen (secondary N) is 1. The van der Waals surface area contributed by atoms with Crippen molar-refractivity contribution in [1.29, 1.82) is 0 Å². The second kappa shape index (κ2) is 7.77. The quantitative estimate of drug-likeness (QED) is 0.696. The first-order valence-electron chi connectivity index (χ1n) is 8.15. The minimum Gasteiger partial charge on any atom is -0.451 e. The van der Waals surface area contributed by atoms with Crippen LogP contribution in [0.2, 0.25) is 0 Å². The number of amides is 1. The van der Waals surface area contributed by atoms with Gasteiger partial charge in [0.1, 0.15) is 12.4 Å². The summed E-state index contributed by atoms with van der Waals surface area (Å²) in [6.07, 6.45) is 0.0805. The van der Waals surface area contributed by atoms with E-state index in [1.165, 1.54) is 31.5 Å². The van der Waals surface area contributed by atoms with E-state index in [0.717, 1.165) is 4.57 Å². The molecule has 0 aliphatic heterocycles. The predicted molar refractivity (Wildman–Crippen MR) is 96.6 cm³/mol. The van der Waals surface area contributed by atoms with Gasteiger partial charge in [-0.05, 0) is 31.2 Å². The topological polar surface area (TPSA) is 90.3 Å². The second-order valence-corrected chi connectivity index (χ2v) is 5.80. The highest BCUT2D eigenvalue weighted by Gasteiger charge is 2.19. The Bertz CT molecular complexity index is 1060. The fourth-order valence-corrected chi connectivity index (χ4v) is 2.44. The number of aromatic nitrogens is 2. The summed E-state index contributed by atoms with van der Waals surface area (Å²) in [5, 5.41) is 2.72. The number of carbonyl (C=O) groups excluding carboxylic acids is 2. The Labute approximate surface area is 153 Å². The average molecular weight is 369 g/mol. The smallest absolute Gasteiger partial charge is 0.326 e. The number of hydrogen-bond donors (Lipinski definition) is 1. The van der Waals surface area contributed by atoms with E-state index < -0.39 is 30.3 Å². The van der Waals surface area contributed by atoms with Gasteiger partial charge in [-0.3, -0.25) is 19.0 Å². The Morgan fingerprint density at radius 2 is 1.89 bits per heavy atom. The number of benzene rings is 2. The fraction of sp³-hybridized carbons (Fsp3) is 0.158. The number of halogens is 1. The summed E-state index contributed by atoms with van der Waals surface area (Å²) in [5.41, 5.74) is 0.117. The third kappa shape index (κ3) is 4.17. The second-order valence-electron chi connectivity index (χ2n) is 5.80. The van der Waals surface area contributed by atoms with Crippen LogP contribution in [0.5, 0.6) is 0 Å². The van der Waals surface area contributed by atoms with Gasteiger partial charge in [0, 0.05) is 0 Å². The number of carbonyl (C=O) groups is 2. The van der Waals surface area contributed by atoms with Crippen molar-refractivity contribution in [3.05, 3.63) is 71.0 Å². The van der Waals surface area contributed by atoms with Crippen LogP contribution in [0.3, 0.4) is 0 Å². The van der Waals surface area contributed by atoms with Gasteiger partial charge in [0.15, 0.2) is 6.10 Å². The highest BCUT2D eigenvalue weighted by Crippen LogP contribution is 2.13. The first kappa shape index (κ1) is 18.2. The molecule has 0 radical (unpaired) electrons. The van der Waals surface area contributed by atoms with Crippen LogP contribution < -0.4 is 10.9 Å². The molecule has 0 aliphatic rings. The molecule has 0 spiro atoms. The van der Waals surface area contributed by atoms with E-state index in [1.807, 2.05) is 0 Å². The molecule has 8 heteroatoms. The Hall–Kier alpha value is -3.55. The van der Waals surface area contributed by atoms with Crippen LogP contribution >= 0.6 is 0 Å². The van der Waals surface area contributed by atoms with Crippen LogP contribution in [0.1, 0.15) is 6.92 Å². The van der Waals surface area contributed by atoms with Crippen molar-refractivity contribution in [2.24, 2.45) is 0 Å². The Balaban J connectivity index is 1.65. The van der Waals surface area contributed by atoms with Crippen molar-refractivity contribution in [3.8, 4) is 0 Å². The molecule has 3 aromatic rings. The van der Waals surface area contributed by atoms with Gasteiger partial charge in [0.25, 0.3) is 11.5 Å². The molecule has 0 saturated carbocycles. The molecule has 3 rings (SSSR count). The number of ether oxygens (including phenoxy) is 1. The molecule has 0 aliphatic carbocycles. The zero-order chi connectivity index (χ0) is 19.4. The molecule has 1 amide bonds. The molecule has 1 N–H and O–H groups in total. The van der Waals surface area contributed by atoms with Gasteiger partial charge in [0.2, 0.25) is 0 Å². The first-order chi connectivity index (χ1) is 13.0. The molecule has 1 aromatic heterocycles. The van der Waals surface area contributed by atoms with Crippen molar-refractivity contribution < 1.29 is 18.7 Å². The number of rotatable bonds is 5. The largest absolute Gasteiger partial charge is 0.451 e. The van der Waals surface area contributed by atoms with Crippen LogP contribution in [0, 0.1) is 5.82 Å². The number of anilines is 1. The lowest BCUT2D eigenvalue weighted by molar-refractivity contribution is -0.153. The summed E-state index contributed by atoms with van der Waals surface area (Å²) >= 11 is 0. The standard InChI is InChI=1S/C19H16FN3O4/c1-12(18(25)22-16-9-5-3-7-14(16)20)27-17(24)10-23-11-21-15-8-4-2-6-13(15)19(23)26/h2-9,11-12H,10H2,1H3,(H,22,25). The molecular formula is C19H16FN3O4. The highest BCUT2D eigenvalue weighted by atomic mass is 19.1. The van der Waals surface area contributed by atoms with Crippen molar-refractivity contribution in [1.82, 2.24) is 9.55 Å². The van der Waals surface area contributed by atoms with Crippen LogP contribution in [0.25, 0.3) is 10.9 Å². The van der Waals surface area contributed by atoms with Gasteiger partial charge < -0.3 is 10.1 Å². The van der Waals surface area contributed by atoms with E-state index in [4.69, 9.17) is 4.74 Å². The molecule has 1 heterocycles. The van der Waals surface area contributed by atoms with E-state index in [1.54, 1.807) is 30.3 Å². The first-order valence-corrected chi connectivity index (χ1v) is 8.15. The third-order valence-corrected chi connectivity index (χ3v) is 3.84. The maximum Gasteiger partial charge on any atom is 0.326 e. The van der Waals surface area contributed by atoms with Gasteiger partial charge in [-0.2, -0.15) is 0 Å². The number of fused-ring (bicyclic) bond motifs is 1. The summed E-state index contributed by atoms with van der Waals surface area (Å²) in [6.45, 7) is 0.962. The van der Waals surface area contributed by atoms with Crippen LogP contribution in [-0.2, 0) is 20.9 Å². The molecule has 2 aromatic carbocycles. The van der Waals surface area contributed by atoms with Crippen molar-refractivity contribution in [2.45, 2.75) is 19.6 Å². The molecule has 0 fully saturated rings. The molecule has 7 nitrogen and oxygen atoms in total. The molecule has 27 heavy (non-hydrogen) atoms. The zero-order valence-corrected chi connectivity index (χ0v) is 14.4. The predicted octanol–water partition coefficient (Wildman–Crippen LogP) is 2.11. The molecule has 138 valence electrons. The Morgan fingerprint density at radius 1 is 1.19 bits per heavy atom. The summed E-state index contributed by atoms with van der Waals surface area (Å²) in [7, 11) is 0. The minimum absolute atomic E-state index is 0.0136. The lowest BCUT2D eigenvalue weighted by Gasteiger charge is -2.14. The molecule has 1 unspecified atom stereocenters. The van der Waals surface area contributed by atoms with Gasteiger partial charge in [0.05, 0.1) is 22.9 Å². The summed E-state index contributed by atoms with van der Waals surface area (Å²) in [6, 6.07) is 12.4. The third-order valence-electron chi connectivity index (χ3n) is 3.84. The number of para-hydroxylation sites is 2. The number of nitrogens with zero attached hydrogens (tertiary/aromatic N) is 2. The monoisotopic (exact) mass is 369 g/mol. The van der Waals surface area contributed by atoms with E-state index in [9.17, 15) is 18.8 Å². The SMILES string of the molecule is CC(OC(=O)Cn1cnc2ccccc2c1=O)C(=O)Nc1ccccc1F.